The summed E-state index contributed by atoms with van der Waals surface area (Å²) in [6.45, 7) is 11.3. The Labute approximate surface area is 135 Å². The smallest absolute Gasteiger partial charge is 0.250 e. The summed E-state index contributed by atoms with van der Waals surface area (Å²) in [5, 5.41) is 0.215. The van der Waals surface area contributed by atoms with Crippen LogP contribution in [0, 0.1) is 0 Å². The first-order chi connectivity index (χ1) is 10.3. The Morgan fingerprint density at radius 2 is 1.36 bits per heavy atom. The summed E-state index contributed by atoms with van der Waals surface area (Å²) in [6, 6.07) is 12.3. The largest absolute Gasteiger partial charge is 0.544 e. The van der Waals surface area contributed by atoms with Crippen LogP contribution in [0.25, 0.3) is 12.2 Å². The third-order valence-electron chi connectivity index (χ3n) is 4.23. The van der Waals surface area contributed by atoms with E-state index in [9.17, 15) is 0 Å². The van der Waals surface area contributed by atoms with E-state index in [1.54, 1.807) is 12.4 Å². The third kappa shape index (κ3) is 4.31. The molecule has 2 nitrogen and oxygen atoms in total. The number of nitrogens with zero attached hydrogens (tertiary/aromatic N) is 1. The van der Waals surface area contributed by atoms with E-state index in [0.717, 1.165) is 11.3 Å². The molecule has 2 rings (SSSR count). The summed E-state index contributed by atoms with van der Waals surface area (Å²) in [6.07, 6.45) is 7.79. The molecule has 1 heterocycles. The first-order valence-electron chi connectivity index (χ1n) is 7.65. The fraction of sp³-hybridized carbons (Fsp3) is 0.316. The summed E-state index contributed by atoms with van der Waals surface area (Å²) in [5.41, 5.74) is 2.32. The van der Waals surface area contributed by atoms with Crippen molar-refractivity contribution < 1.29 is 4.43 Å². The van der Waals surface area contributed by atoms with Gasteiger partial charge in [0.2, 0.25) is 8.32 Å². The summed E-state index contributed by atoms with van der Waals surface area (Å²) >= 11 is 0. The minimum atomic E-state index is -1.76. The molecule has 3 heteroatoms. The normalized spacial score (nSPS) is 12.6. The van der Waals surface area contributed by atoms with E-state index in [0.29, 0.717) is 0 Å². The lowest BCUT2D eigenvalue weighted by Crippen LogP contribution is -2.43. The van der Waals surface area contributed by atoms with Crippen molar-refractivity contribution in [3.63, 3.8) is 0 Å². The van der Waals surface area contributed by atoms with E-state index in [2.05, 4.69) is 75.3 Å². The van der Waals surface area contributed by atoms with E-state index in [-0.39, 0.29) is 5.04 Å². The van der Waals surface area contributed by atoms with Crippen LogP contribution in [-0.2, 0) is 0 Å². The summed E-state index contributed by atoms with van der Waals surface area (Å²) in [7, 11) is -1.76. The van der Waals surface area contributed by atoms with Crippen molar-refractivity contribution in [2.45, 2.75) is 38.9 Å². The number of benzene rings is 1. The minimum absolute atomic E-state index is 0.215. The highest BCUT2D eigenvalue weighted by molar-refractivity contribution is 6.74. The lowest BCUT2D eigenvalue weighted by atomic mass is 10.1. The first kappa shape index (κ1) is 16.5. The van der Waals surface area contributed by atoms with E-state index >= 15 is 0 Å². The Morgan fingerprint density at radius 3 is 1.86 bits per heavy atom. The third-order valence-corrected chi connectivity index (χ3v) is 8.59. The second kappa shape index (κ2) is 6.49. The predicted molar refractivity (Wildman–Crippen MR) is 97.4 cm³/mol. The molecule has 0 spiro atoms. The van der Waals surface area contributed by atoms with Gasteiger partial charge in [0.15, 0.2) is 0 Å². The fourth-order valence-electron chi connectivity index (χ4n) is 1.76. The highest BCUT2D eigenvalue weighted by Crippen LogP contribution is 2.37. The SMILES string of the molecule is CC(C)(C)[Si](C)(C)Oc1ccc(/C=C/c2ccncc2)cc1. The Hall–Kier alpha value is -1.87. The van der Waals surface area contributed by atoms with E-state index in [1.807, 2.05) is 12.1 Å². The molecule has 0 unspecified atom stereocenters. The average molecular weight is 312 g/mol. The van der Waals surface area contributed by atoms with Gasteiger partial charge in [-0.3, -0.25) is 4.98 Å². The molecule has 2 aromatic rings. The molecule has 1 aromatic heterocycles. The van der Waals surface area contributed by atoms with Crippen LogP contribution in [-0.4, -0.2) is 13.3 Å². The van der Waals surface area contributed by atoms with Crippen LogP contribution in [0.3, 0.4) is 0 Å². The summed E-state index contributed by atoms with van der Waals surface area (Å²) in [4.78, 5) is 4.02. The standard InChI is InChI=1S/C19H25NOSi/c1-19(2,3)22(4,5)21-18-10-8-16(9-11-18)6-7-17-12-14-20-15-13-17/h6-15H,1-5H3/b7-6+. The predicted octanol–water partition coefficient (Wildman–Crippen LogP) is 5.64. The van der Waals surface area contributed by atoms with Crippen molar-refractivity contribution in [1.82, 2.24) is 4.98 Å². The van der Waals surface area contributed by atoms with Crippen LogP contribution in [0.15, 0.2) is 48.8 Å². The number of rotatable bonds is 4. The molecule has 0 N–H and O–H groups in total. The van der Waals surface area contributed by atoms with Gasteiger partial charge in [0, 0.05) is 12.4 Å². The van der Waals surface area contributed by atoms with Gasteiger partial charge in [-0.05, 0) is 53.5 Å². The average Bonchev–Trinajstić information content (AvgIpc) is 2.46. The monoisotopic (exact) mass is 311 g/mol. The first-order valence-corrected chi connectivity index (χ1v) is 10.6. The van der Waals surface area contributed by atoms with Crippen molar-refractivity contribution in [1.29, 1.82) is 0 Å². The molecule has 1 aromatic carbocycles. The van der Waals surface area contributed by atoms with Gasteiger partial charge in [-0.25, -0.2) is 0 Å². The van der Waals surface area contributed by atoms with Crippen molar-refractivity contribution in [2.75, 3.05) is 0 Å². The Morgan fingerprint density at radius 1 is 0.864 bits per heavy atom. The molecule has 0 atom stereocenters. The van der Waals surface area contributed by atoms with Crippen molar-refractivity contribution in [3.05, 3.63) is 59.9 Å². The maximum atomic E-state index is 6.29. The van der Waals surface area contributed by atoms with Gasteiger partial charge >= 0.3 is 0 Å². The molecular formula is C19H25NOSi. The Bertz CT molecular complexity index is 625. The summed E-state index contributed by atoms with van der Waals surface area (Å²) in [5.74, 6) is 0.965. The molecule has 0 amide bonds. The van der Waals surface area contributed by atoms with Gasteiger partial charge in [0.05, 0.1) is 0 Å². The zero-order chi connectivity index (χ0) is 16.2. The van der Waals surface area contributed by atoms with E-state index in [1.165, 1.54) is 5.56 Å². The van der Waals surface area contributed by atoms with Crippen LogP contribution in [0.4, 0.5) is 0 Å². The fourth-order valence-corrected chi connectivity index (χ4v) is 2.79. The Kier molecular flexibility index (Phi) is 4.86. The quantitative estimate of drug-likeness (QED) is 0.682. The second-order valence-corrected chi connectivity index (χ2v) is 11.8. The number of hydrogen-bond acceptors (Lipinski definition) is 2. The van der Waals surface area contributed by atoms with Gasteiger partial charge in [0.25, 0.3) is 0 Å². The van der Waals surface area contributed by atoms with Gasteiger partial charge in [-0.2, -0.15) is 0 Å². The highest BCUT2D eigenvalue weighted by Gasteiger charge is 2.38. The van der Waals surface area contributed by atoms with Crippen LogP contribution in [0.1, 0.15) is 31.9 Å². The highest BCUT2D eigenvalue weighted by atomic mass is 28.4. The molecule has 22 heavy (non-hydrogen) atoms. The number of hydrogen-bond donors (Lipinski definition) is 0. The lowest BCUT2D eigenvalue weighted by Gasteiger charge is -2.36. The van der Waals surface area contributed by atoms with Crippen molar-refractivity contribution >= 4 is 20.5 Å². The van der Waals surface area contributed by atoms with Crippen LogP contribution in [0.2, 0.25) is 18.1 Å². The molecule has 0 radical (unpaired) electrons. The molecule has 0 saturated heterocycles. The van der Waals surface area contributed by atoms with Gasteiger partial charge in [-0.15, -0.1) is 0 Å². The van der Waals surface area contributed by atoms with Crippen LogP contribution in [0.5, 0.6) is 5.75 Å². The second-order valence-electron chi connectivity index (χ2n) is 7.05. The van der Waals surface area contributed by atoms with Crippen LogP contribution >= 0.6 is 0 Å². The molecule has 0 saturated carbocycles. The number of pyridine rings is 1. The zero-order valence-corrected chi connectivity index (χ0v) is 15.1. The zero-order valence-electron chi connectivity index (χ0n) is 14.1. The number of aromatic nitrogens is 1. The molecule has 0 aliphatic carbocycles. The van der Waals surface area contributed by atoms with Crippen molar-refractivity contribution in [3.8, 4) is 5.75 Å². The summed E-state index contributed by atoms with van der Waals surface area (Å²) < 4.78 is 6.29. The van der Waals surface area contributed by atoms with Gasteiger partial charge in [-0.1, -0.05) is 45.1 Å². The van der Waals surface area contributed by atoms with Gasteiger partial charge in [0.1, 0.15) is 5.75 Å². The van der Waals surface area contributed by atoms with E-state index < -0.39 is 8.32 Å². The van der Waals surface area contributed by atoms with Gasteiger partial charge < -0.3 is 4.43 Å². The molecular weight excluding hydrogens is 286 g/mol. The Balaban J connectivity index is 2.06. The molecule has 0 fully saturated rings. The van der Waals surface area contributed by atoms with E-state index in [4.69, 9.17) is 4.43 Å². The molecule has 116 valence electrons. The lowest BCUT2D eigenvalue weighted by molar-refractivity contribution is 0.492. The minimum Gasteiger partial charge on any atom is -0.544 e. The van der Waals surface area contributed by atoms with Crippen LogP contribution < -0.4 is 4.43 Å². The van der Waals surface area contributed by atoms with Crippen molar-refractivity contribution in [2.24, 2.45) is 0 Å². The maximum absolute atomic E-state index is 6.29. The topological polar surface area (TPSA) is 22.1 Å². The molecule has 0 bridgehead atoms. The molecule has 0 aliphatic rings. The molecule has 0 aliphatic heterocycles. The maximum Gasteiger partial charge on any atom is 0.250 e.